The van der Waals surface area contributed by atoms with Crippen LogP contribution in [-0.2, 0) is 6.18 Å². The summed E-state index contributed by atoms with van der Waals surface area (Å²) in [7, 11) is 2.00. The highest BCUT2D eigenvalue weighted by Crippen LogP contribution is 2.37. The third-order valence-electron chi connectivity index (χ3n) is 5.29. The van der Waals surface area contributed by atoms with Crippen LogP contribution in [-0.4, -0.2) is 51.4 Å². The molecule has 1 aliphatic rings. The molecular weight excluding hydrogens is 395 g/mol. The quantitative estimate of drug-likeness (QED) is 0.664. The van der Waals surface area contributed by atoms with E-state index in [2.05, 4.69) is 25.4 Å². The number of nitrogens with one attached hydrogen (secondary N) is 1. The number of piperidine rings is 1. The van der Waals surface area contributed by atoms with Gasteiger partial charge >= 0.3 is 6.18 Å². The number of benzene rings is 1. The van der Waals surface area contributed by atoms with Crippen molar-refractivity contribution in [1.29, 1.82) is 0 Å². The second kappa shape index (κ2) is 7.71. The Kier molecular flexibility index (Phi) is 5.23. The van der Waals surface area contributed by atoms with Crippen molar-refractivity contribution in [2.45, 2.75) is 32.0 Å². The van der Waals surface area contributed by atoms with E-state index in [1.165, 1.54) is 6.07 Å². The number of phenolic OH excluding ortho intramolecular Hbond substituents is 1. The topological polar surface area (TPSA) is 74.2 Å². The van der Waals surface area contributed by atoms with Gasteiger partial charge in [0.2, 0.25) is 0 Å². The fourth-order valence-electron chi connectivity index (χ4n) is 3.81. The van der Waals surface area contributed by atoms with Crippen molar-refractivity contribution in [3.8, 4) is 17.0 Å². The third kappa shape index (κ3) is 4.02. The zero-order chi connectivity index (χ0) is 21.5. The van der Waals surface area contributed by atoms with Crippen LogP contribution in [0.2, 0.25) is 0 Å². The number of nitrogens with zero attached hydrogens (tertiary/aromatic N) is 4. The average Bonchev–Trinajstić information content (AvgIpc) is 2.68. The summed E-state index contributed by atoms with van der Waals surface area (Å²) in [5.74, 6) is 0.201. The van der Waals surface area contributed by atoms with Gasteiger partial charge in [-0.2, -0.15) is 13.2 Å². The smallest absolute Gasteiger partial charge is 0.433 e. The Morgan fingerprint density at radius 1 is 1.17 bits per heavy atom. The number of anilines is 1. The summed E-state index contributed by atoms with van der Waals surface area (Å²) in [4.78, 5) is 6.04. The molecule has 158 valence electrons. The van der Waals surface area contributed by atoms with Crippen LogP contribution in [0.3, 0.4) is 0 Å². The summed E-state index contributed by atoms with van der Waals surface area (Å²) in [6, 6.07) is 7.35. The highest BCUT2D eigenvalue weighted by atomic mass is 19.4. The van der Waals surface area contributed by atoms with Gasteiger partial charge in [0, 0.05) is 23.5 Å². The monoisotopic (exact) mass is 417 g/mol. The lowest BCUT2D eigenvalue weighted by molar-refractivity contribution is -0.140. The van der Waals surface area contributed by atoms with Crippen molar-refractivity contribution < 1.29 is 18.3 Å². The van der Waals surface area contributed by atoms with Gasteiger partial charge in [-0.1, -0.05) is 6.07 Å². The molecule has 0 amide bonds. The van der Waals surface area contributed by atoms with Crippen molar-refractivity contribution in [3.05, 3.63) is 41.6 Å². The summed E-state index contributed by atoms with van der Waals surface area (Å²) < 4.78 is 40.0. The number of likely N-dealkylation sites (N-methyl/N-ethyl adjacent to an activating group) is 1. The summed E-state index contributed by atoms with van der Waals surface area (Å²) in [6.07, 6.45) is -2.71. The number of aromatic hydroxyl groups is 1. The number of phenols is 1. The number of aryl methyl sites for hydroxylation is 1. The van der Waals surface area contributed by atoms with Gasteiger partial charge in [0.15, 0.2) is 5.82 Å². The van der Waals surface area contributed by atoms with E-state index in [0.717, 1.165) is 37.6 Å². The molecule has 0 bridgehead atoms. The Hall–Kier alpha value is -2.94. The van der Waals surface area contributed by atoms with Gasteiger partial charge < -0.3 is 15.3 Å². The SMILES string of the molecule is Cc1ccc(-c2nnc(N[C@@H]3CCCN(C)C3)c3nc(C(F)(F)F)ccc23)c(O)c1. The number of rotatable bonds is 3. The number of pyridine rings is 1. The second-order valence-corrected chi connectivity index (χ2v) is 7.75. The average molecular weight is 417 g/mol. The number of aromatic nitrogens is 3. The predicted octanol–water partition coefficient (Wildman–Crippen LogP) is 4.23. The Morgan fingerprint density at radius 3 is 2.67 bits per heavy atom. The number of hydrogen-bond donors (Lipinski definition) is 2. The van der Waals surface area contributed by atoms with E-state index in [1.54, 1.807) is 18.2 Å². The van der Waals surface area contributed by atoms with Crippen LogP contribution in [0.1, 0.15) is 24.1 Å². The van der Waals surface area contributed by atoms with Gasteiger partial charge in [0.25, 0.3) is 0 Å². The molecule has 6 nitrogen and oxygen atoms in total. The lowest BCUT2D eigenvalue weighted by Crippen LogP contribution is -2.40. The minimum atomic E-state index is -4.58. The van der Waals surface area contributed by atoms with E-state index >= 15 is 0 Å². The van der Waals surface area contributed by atoms with Crippen LogP contribution in [0, 0.1) is 6.92 Å². The molecule has 0 saturated carbocycles. The first kappa shape index (κ1) is 20.3. The van der Waals surface area contributed by atoms with Gasteiger partial charge in [-0.3, -0.25) is 0 Å². The molecule has 1 fully saturated rings. The highest BCUT2D eigenvalue weighted by molar-refractivity contribution is 5.98. The molecule has 9 heteroatoms. The molecule has 3 heterocycles. The Bertz CT molecular complexity index is 1090. The number of likely N-dealkylation sites (tertiary alicyclic amines) is 1. The standard InChI is InChI=1S/C21H22F3N5O/c1-12-5-6-14(16(30)10-12)18-15-7-8-17(21(22,23)24)26-19(15)20(28-27-18)25-13-4-3-9-29(2)11-13/h5-8,10,13,30H,3-4,9,11H2,1-2H3,(H,25,28)/t13-/m1/s1. The molecule has 0 unspecified atom stereocenters. The fraction of sp³-hybridized carbons (Fsp3) is 0.381. The van der Waals surface area contributed by atoms with E-state index in [0.29, 0.717) is 10.9 Å². The van der Waals surface area contributed by atoms with Crippen molar-refractivity contribution in [3.63, 3.8) is 0 Å². The van der Waals surface area contributed by atoms with Gasteiger partial charge in [-0.25, -0.2) is 4.98 Å². The van der Waals surface area contributed by atoms with E-state index in [1.807, 2.05) is 14.0 Å². The normalized spacial score (nSPS) is 18.0. The molecule has 3 aromatic rings. The molecular formula is C21H22F3N5O. The molecule has 0 radical (unpaired) electrons. The van der Waals surface area contributed by atoms with Crippen LogP contribution in [0.5, 0.6) is 5.75 Å². The third-order valence-corrected chi connectivity index (χ3v) is 5.29. The van der Waals surface area contributed by atoms with Gasteiger partial charge in [0.05, 0.1) is 0 Å². The Labute approximate surface area is 171 Å². The van der Waals surface area contributed by atoms with Crippen LogP contribution in [0.25, 0.3) is 22.2 Å². The molecule has 2 aromatic heterocycles. The second-order valence-electron chi connectivity index (χ2n) is 7.75. The van der Waals surface area contributed by atoms with E-state index in [9.17, 15) is 18.3 Å². The number of halogens is 3. The van der Waals surface area contributed by atoms with Crippen molar-refractivity contribution in [2.24, 2.45) is 0 Å². The minimum Gasteiger partial charge on any atom is -0.507 e. The van der Waals surface area contributed by atoms with E-state index in [-0.39, 0.29) is 28.8 Å². The van der Waals surface area contributed by atoms with Gasteiger partial charge in [0.1, 0.15) is 22.7 Å². The zero-order valence-corrected chi connectivity index (χ0v) is 16.7. The number of fused-ring (bicyclic) bond motifs is 1. The molecule has 0 aliphatic carbocycles. The first-order valence-electron chi connectivity index (χ1n) is 9.72. The molecule has 1 saturated heterocycles. The largest absolute Gasteiger partial charge is 0.507 e. The fourth-order valence-corrected chi connectivity index (χ4v) is 3.81. The lowest BCUT2D eigenvalue weighted by atomic mass is 10.0. The maximum Gasteiger partial charge on any atom is 0.433 e. The van der Waals surface area contributed by atoms with Crippen molar-refractivity contribution in [1.82, 2.24) is 20.1 Å². The molecule has 1 atom stereocenters. The molecule has 1 aromatic carbocycles. The summed E-state index contributed by atoms with van der Waals surface area (Å²) in [5, 5.41) is 22.4. The van der Waals surface area contributed by atoms with Gasteiger partial charge in [-0.05, 0) is 63.2 Å². The first-order valence-corrected chi connectivity index (χ1v) is 9.72. The number of hydrogen-bond acceptors (Lipinski definition) is 6. The Balaban J connectivity index is 1.85. The molecule has 0 spiro atoms. The van der Waals surface area contributed by atoms with Crippen LogP contribution >= 0.6 is 0 Å². The number of alkyl halides is 3. The minimum absolute atomic E-state index is 0.0138. The molecule has 1 aliphatic heterocycles. The Morgan fingerprint density at radius 2 is 1.97 bits per heavy atom. The van der Waals surface area contributed by atoms with E-state index in [4.69, 9.17) is 0 Å². The summed E-state index contributed by atoms with van der Waals surface area (Å²) in [5.41, 5.74) is 0.623. The van der Waals surface area contributed by atoms with Crippen molar-refractivity contribution >= 4 is 16.7 Å². The first-order chi connectivity index (χ1) is 14.2. The summed E-state index contributed by atoms with van der Waals surface area (Å²) >= 11 is 0. The lowest BCUT2D eigenvalue weighted by Gasteiger charge is -2.30. The zero-order valence-electron chi connectivity index (χ0n) is 16.7. The molecule has 30 heavy (non-hydrogen) atoms. The highest BCUT2D eigenvalue weighted by Gasteiger charge is 2.33. The molecule has 4 rings (SSSR count). The van der Waals surface area contributed by atoms with Crippen LogP contribution < -0.4 is 5.32 Å². The van der Waals surface area contributed by atoms with E-state index < -0.39 is 11.9 Å². The van der Waals surface area contributed by atoms with Crippen LogP contribution in [0.4, 0.5) is 19.0 Å². The van der Waals surface area contributed by atoms with Gasteiger partial charge in [-0.15, -0.1) is 10.2 Å². The maximum atomic E-state index is 13.3. The maximum absolute atomic E-state index is 13.3. The van der Waals surface area contributed by atoms with Crippen LogP contribution in [0.15, 0.2) is 30.3 Å². The predicted molar refractivity (Wildman–Crippen MR) is 108 cm³/mol. The summed E-state index contributed by atoms with van der Waals surface area (Å²) in [6.45, 7) is 3.56. The van der Waals surface area contributed by atoms with Crippen molar-refractivity contribution in [2.75, 3.05) is 25.5 Å². The molecule has 2 N–H and O–H groups in total.